The van der Waals surface area contributed by atoms with E-state index in [1.807, 2.05) is 18.2 Å². The average molecular weight is 305 g/mol. The van der Waals surface area contributed by atoms with Crippen LogP contribution < -0.4 is 0 Å². The van der Waals surface area contributed by atoms with Gasteiger partial charge in [0.25, 0.3) is 0 Å². The molecule has 0 heterocycles. The van der Waals surface area contributed by atoms with Crippen molar-refractivity contribution in [3.8, 4) is 0 Å². The van der Waals surface area contributed by atoms with E-state index in [0.29, 0.717) is 20.0 Å². The SMILES string of the molecule is COCOCc1ccc(Br)c(COCOC)c1. The van der Waals surface area contributed by atoms with E-state index in [4.69, 9.17) is 18.9 Å². The Kier molecular flexibility index (Phi) is 7.39. The summed E-state index contributed by atoms with van der Waals surface area (Å²) in [5.41, 5.74) is 2.15. The molecule has 17 heavy (non-hydrogen) atoms. The monoisotopic (exact) mass is 304 g/mol. The number of rotatable bonds is 8. The van der Waals surface area contributed by atoms with E-state index in [9.17, 15) is 0 Å². The highest BCUT2D eigenvalue weighted by Gasteiger charge is 2.02. The topological polar surface area (TPSA) is 36.9 Å². The van der Waals surface area contributed by atoms with Gasteiger partial charge in [0.2, 0.25) is 0 Å². The zero-order valence-electron chi connectivity index (χ0n) is 10.1. The molecule has 0 N–H and O–H groups in total. The number of benzene rings is 1. The second-order valence-corrected chi connectivity index (χ2v) is 4.29. The molecule has 0 atom stereocenters. The minimum atomic E-state index is 0.289. The van der Waals surface area contributed by atoms with Gasteiger partial charge in [-0.2, -0.15) is 0 Å². The highest BCUT2D eigenvalue weighted by molar-refractivity contribution is 9.10. The Morgan fingerprint density at radius 2 is 1.65 bits per heavy atom. The van der Waals surface area contributed by atoms with Crippen molar-refractivity contribution in [2.45, 2.75) is 13.2 Å². The van der Waals surface area contributed by atoms with E-state index in [1.165, 1.54) is 0 Å². The fourth-order valence-electron chi connectivity index (χ4n) is 1.31. The van der Waals surface area contributed by atoms with Crippen LogP contribution in [0.5, 0.6) is 0 Å². The first-order valence-corrected chi connectivity index (χ1v) is 5.98. The van der Waals surface area contributed by atoms with Gasteiger partial charge in [-0.25, -0.2) is 0 Å². The molecule has 0 saturated heterocycles. The molecule has 0 aromatic heterocycles. The maximum atomic E-state index is 5.31. The van der Waals surface area contributed by atoms with Gasteiger partial charge in [-0.1, -0.05) is 28.1 Å². The summed E-state index contributed by atoms with van der Waals surface area (Å²) in [5.74, 6) is 0. The van der Waals surface area contributed by atoms with Gasteiger partial charge in [-0.05, 0) is 17.2 Å². The fourth-order valence-corrected chi connectivity index (χ4v) is 1.67. The predicted octanol–water partition coefficient (Wildman–Crippen LogP) is 2.69. The third kappa shape index (κ3) is 5.61. The molecule has 0 aliphatic rings. The lowest BCUT2D eigenvalue weighted by atomic mass is 10.1. The van der Waals surface area contributed by atoms with Crippen molar-refractivity contribution in [3.05, 3.63) is 33.8 Å². The minimum Gasteiger partial charge on any atom is -0.359 e. The molecule has 96 valence electrons. The van der Waals surface area contributed by atoms with E-state index in [2.05, 4.69) is 15.9 Å². The molecular formula is C12H17BrO4. The fraction of sp³-hybridized carbons (Fsp3) is 0.500. The number of ether oxygens (including phenoxy) is 4. The predicted molar refractivity (Wildman–Crippen MR) is 67.5 cm³/mol. The van der Waals surface area contributed by atoms with Gasteiger partial charge < -0.3 is 18.9 Å². The van der Waals surface area contributed by atoms with Gasteiger partial charge in [-0.15, -0.1) is 0 Å². The number of halogens is 1. The van der Waals surface area contributed by atoms with Crippen molar-refractivity contribution < 1.29 is 18.9 Å². The Balaban J connectivity index is 2.53. The summed E-state index contributed by atoms with van der Waals surface area (Å²) in [6, 6.07) is 6.02. The van der Waals surface area contributed by atoms with Crippen molar-refractivity contribution in [1.82, 2.24) is 0 Å². The van der Waals surface area contributed by atoms with Crippen LogP contribution in [-0.4, -0.2) is 27.8 Å². The molecule has 0 radical (unpaired) electrons. The van der Waals surface area contributed by atoms with Crippen LogP contribution in [0, 0.1) is 0 Å². The molecule has 0 spiro atoms. The molecule has 1 rings (SSSR count). The van der Waals surface area contributed by atoms with Gasteiger partial charge >= 0.3 is 0 Å². The summed E-state index contributed by atoms with van der Waals surface area (Å²) in [6.45, 7) is 1.62. The highest BCUT2D eigenvalue weighted by atomic mass is 79.9. The maximum Gasteiger partial charge on any atom is 0.146 e. The van der Waals surface area contributed by atoms with Crippen molar-refractivity contribution in [3.63, 3.8) is 0 Å². The molecule has 0 amide bonds. The molecule has 4 nitrogen and oxygen atoms in total. The maximum absolute atomic E-state index is 5.31. The second-order valence-electron chi connectivity index (χ2n) is 3.44. The van der Waals surface area contributed by atoms with Gasteiger partial charge in [0, 0.05) is 18.7 Å². The molecule has 5 heteroatoms. The molecule has 0 bridgehead atoms. The van der Waals surface area contributed by atoms with E-state index < -0.39 is 0 Å². The van der Waals surface area contributed by atoms with E-state index >= 15 is 0 Å². The molecule has 0 aliphatic carbocycles. The lowest BCUT2D eigenvalue weighted by molar-refractivity contribution is -0.0407. The van der Waals surface area contributed by atoms with E-state index in [-0.39, 0.29) is 6.79 Å². The second kappa shape index (κ2) is 8.60. The Morgan fingerprint density at radius 1 is 1.00 bits per heavy atom. The summed E-state index contributed by atoms with van der Waals surface area (Å²) in [7, 11) is 3.20. The zero-order valence-corrected chi connectivity index (χ0v) is 11.7. The first-order valence-electron chi connectivity index (χ1n) is 5.18. The van der Waals surface area contributed by atoms with E-state index in [0.717, 1.165) is 15.6 Å². The Hall–Kier alpha value is -0.460. The van der Waals surface area contributed by atoms with Crippen LogP contribution in [0.25, 0.3) is 0 Å². The van der Waals surface area contributed by atoms with Crippen LogP contribution in [0.3, 0.4) is 0 Å². The largest absolute Gasteiger partial charge is 0.359 e. The van der Waals surface area contributed by atoms with Crippen LogP contribution in [0.4, 0.5) is 0 Å². The summed E-state index contributed by atoms with van der Waals surface area (Å²) in [5, 5.41) is 0. The van der Waals surface area contributed by atoms with Crippen LogP contribution in [0.1, 0.15) is 11.1 Å². The Morgan fingerprint density at radius 3 is 2.29 bits per heavy atom. The van der Waals surface area contributed by atoms with Crippen LogP contribution in [-0.2, 0) is 32.2 Å². The first kappa shape index (κ1) is 14.6. The number of methoxy groups -OCH3 is 2. The number of hydrogen-bond donors (Lipinski definition) is 0. The third-order valence-corrected chi connectivity index (χ3v) is 2.81. The van der Waals surface area contributed by atoms with Crippen LogP contribution in [0.15, 0.2) is 22.7 Å². The molecule has 0 aliphatic heterocycles. The van der Waals surface area contributed by atoms with Crippen molar-refractivity contribution in [2.75, 3.05) is 27.8 Å². The van der Waals surface area contributed by atoms with E-state index in [1.54, 1.807) is 14.2 Å². The molecule has 1 aromatic carbocycles. The third-order valence-electron chi connectivity index (χ3n) is 2.04. The van der Waals surface area contributed by atoms with Crippen molar-refractivity contribution >= 4 is 15.9 Å². The van der Waals surface area contributed by atoms with Crippen molar-refractivity contribution in [1.29, 1.82) is 0 Å². The standard InChI is InChI=1S/C12H17BrO4/c1-14-8-16-6-10-3-4-12(13)11(5-10)7-17-9-15-2/h3-5H,6-9H2,1-2H3. The molecule has 0 saturated carbocycles. The van der Waals surface area contributed by atoms with Crippen molar-refractivity contribution in [2.24, 2.45) is 0 Å². The Labute approximate surface area is 110 Å². The minimum absolute atomic E-state index is 0.289. The van der Waals surface area contributed by atoms with Gasteiger partial charge in [0.15, 0.2) is 0 Å². The van der Waals surface area contributed by atoms with Gasteiger partial charge in [-0.3, -0.25) is 0 Å². The quantitative estimate of drug-likeness (QED) is 0.546. The smallest absolute Gasteiger partial charge is 0.146 e. The normalized spacial score (nSPS) is 10.8. The molecule has 0 fully saturated rings. The highest BCUT2D eigenvalue weighted by Crippen LogP contribution is 2.19. The number of hydrogen-bond acceptors (Lipinski definition) is 4. The summed E-state index contributed by atoms with van der Waals surface area (Å²) in [6.07, 6.45) is 0. The Bertz CT molecular complexity index is 330. The summed E-state index contributed by atoms with van der Waals surface area (Å²) < 4.78 is 21.3. The van der Waals surface area contributed by atoms with Crippen LogP contribution >= 0.6 is 15.9 Å². The lowest BCUT2D eigenvalue weighted by Crippen LogP contribution is -2.00. The molecule has 1 aromatic rings. The molecule has 0 unspecified atom stereocenters. The van der Waals surface area contributed by atoms with Crippen LogP contribution in [0.2, 0.25) is 0 Å². The lowest BCUT2D eigenvalue weighted by Gasteiger charge is -2.09. The van der Waals surface area contributed by atoms with Gasteiger partial charge in [0.05, 0.1) is 13.2 Å². The van der Waals surface area contributed by atoms with Gasteiger partial charge in [0.1, 0.15) is 13.6 Å². The zero-order chi connectivity index (χ0) is 12.5. The molecular weight excluding hydrogens is 288 g/mol. The first-order chi connectivity index (χ1) is 8.27. The summed E-state index contributed by atoms with van der Waals surface area (Å²) >= 11 is 3.48. The summed E-state index contributed by atoms with van der Waals surface area (Å²) in [4.78, 5) is 0. The average Bonchev–Trinajstić information content (AvgIpc) is 2.33.